The number of hydrogen-bond acceptors (Lipinski definition) is 5. The van der Waals surface area contributed by atoms with Crippen LogP contribution in [0.1, 0.15) is 5.56 Å². The summed E-state index contributed by atoms with van der Waals surface area (Å²) >= 11 is 0. The lowest BCUT2D eigenvalue weighted by Gasteiger charge is -2.18. The second kappa shape index (κ2) is 7.44. The summed E-state index contributed by atoms with van der Waals surface area (Å²) in [6.45, 7) is 2.03. The van der Waals surface area contributed by atoms with Crippen molar-refractivity contribution in [2.24, 2.45) is 0 Å². The molecule has 0 atom stereocenters. The Hall–Kier alpha value is -2.73. The Bertz CT molecular complexity index is 913. The normalized spacial score (nSPS) is 11.2. The van der Waals surface area contributed by atoms with E-state index in [1.54, 1.807) is 24.9 Å². The van der Waals surface area contributed by atoms with Crippen LogP contribution in [-0.4, -0.2) is 37.3 Å². The summed E-state index contributed by atoms with van der Waals surface area (Å²) in [6.07, 6.45) is 0. The number of methoxy groups -OCH3 is 2. The average molecular weight is 342 g/mol. The van der Waals surface area contributed by atoms with Crippen molar-refractivity contribution in [1.82, 2.24) is 9.47 Å². The van der Waals surface area contributed by atoms with Gasteiger partial charge in [-0.05, 0) is 36.9 Å². The SMILES string of the molecule is COc1ccc(CN(C)CCn2c(=O)oc3ccccc32)cc1OC. The summed E-state index contributed by atoms with van der Waals surface area (Å²) < 4.78 is 17.5. The molecule has 3 rings (SSSR count). The fourth-order valence-corrected chi connectivity index (χ4v) is 2.87. The fourth-order valence-electron chi connectivity index (χ4n) is 2.87. The van der Waals surface area contributed by atoms with Gasteiger partial charge < -0.3 is 18.8 Å². The van der Waals surface area contributed by atoms with Gasteiger partial charge in [0.05, 0.1) is 19.7 Å². The van der Waals surface area contributed by atoms with Crippen LogP contribution in [0.5, 0.6) is 11.5 Å². The van der Waals surface area contributed by atoms with Gasteiger partial charge in [0.15, 0.2) is 17.1 Å². The highest BCUT2D eigenvalue weighted by Gasteiger charge is 2.10. The van der Waals surface area contributed by atoms with Crippen LogP contribution in [0.25, 0.3) is 11.1 Å². The number of hydrogen-bond donors (Lipinski definition) is 0. The van der Waals surface area contributed by atoms with Crippen molar-refractivity contribution in [3.05, 3.63) is 58.6 Å². The third kappa shape index (κ3) is 3.69. The maximum Gasteiger partial charge on any atom is 0.419 e. The number of benzene rings is 2. The first-order chi connectivity index (χ1) is 12.1. The number of likely N-dealkylation sites (N-methyl/N-ethyl adjacent to an activating group) is 1. The summed E-state index contributed by atoms with van der Waals surface area (Å²) in [5, 5.41) is 0. The molecule has 25 heavy (non-hydrogen) atoms. The van der Waals surface area contributed by atoms with Gasteiger partial charge in [0, 0.05) is 19.6 Å². The van der Waals surface area contributed by atoms with Gasteiger partial charge in [-0.3, -0.25) is 4.57 Å². The first-order valence-electron chi connectivity index (χ1n) is 8.10. The van der Waals surface area contributed by atoms with Crippen LogP contribution in [-0.2, 0) is 13.1 Å². The molecule has 132 valence electrons. The van der Waals surface area contributed by atoms with Crippen molar-refractivity contribution in [3.63, 3.8) is 0 Å². The van der Waals surface area contributed by atoms with E-state index < -0.39 is 0 Å². The van der Waals surface area contributed by atoms with Crippen LogP contribution >= 0.6 is 0 Å². The quantitative estimate of drug-likeness (QED) is 0.661. The summed E-state index contributed by atoms with van der Waals surface area (Å²) in [6, 6.07) is 13.3. The van der Waals surface area contributed by atoms with Gasteiger partial charge in [0.1, 0.15) is 0 Å². The standard InChI is InChI=1S/C19H22N2O4/c1-20(13-14-8-9-17(23-2)18(12-14)24-3)10-11-21-15-6-4-5-7-16(15)25-19(21)22/h4-9,12H,10-11,13H2,1-3H3. The van der Waals surface area contributed by atoms with E-state index in [-0.39, 0.29) is 5.76 Å². The molecular formula is C19H22N2O4. The number of oxazole rings is 1. The molecular weight excluding hydrogens is 320 g/mol. The van der Waals surface area contributed by atoms with E-state index in [0.717, 1.165) is 24.2 Å². The van der Waals surface area contributed by atoms with E-state index in [0.29, 0.717) is 23.6 Å². The van der Waals surface area contributed by atoms with Gasteiger partial charge in [0.25, 0.3) is 0 Å². The van der Waals surface area contributed by atoms with Gasteiger partial charge in [-0.25, -0.2) is 4.79 Å². The molecule has 0 aliphatic heterocycles. The zero-order valence-electron chi connectivity index (χ0n) is 14.7. The molecule has 0 spiro atoms. The Morgan fingerprint density at radius 3 is 2.60 bits per heavy atom. The van der Waals surface area contributed by atoms with Crippen LogP contribution in [0.2, 0.25) is 0 Å². The molecule has 0 saturated carbocycles. The molecule has 0 bridgehead atoms. The van der Waals surface area contributed by atoms with Crippen molar-refractivity contribution in [3.8, 4) is 11.5 Å². The molecule has 0 N–H and O–H groups in total. The Morgan fingerprint density at radius 1 is 1.08 bits per heavy atom. The Balaban J connectivity index is 1.67. The fraction of sp³-hybridized carbons (Fsp3) is 0.316. The number of ether oxygens (including phenoxy) is 2. The molecule has 0 aliphatic rings. The molecule has 0 saturated heterocycles. The summed E-state index contributed by atoms with van der Waals surface area (Å²) in [5.41, 5.74) is 2.56. The smallest absolute Gasteiger partial charge is 0.419 e. The lowest BCUT2D eigenvalue weighted by atomic mass is 10.2. The molecule has 6 heteroatoms. The van der Waals surface area contributed by atoms with E-state index in [9.17, 15) is 4.79 Å². The van der Waals surface area contributed by atoms with E-state index in [1.165, 1.54) is 0 Å². The minimum atomic E-state index is -0.319. The van der Waals surface area contributed by atoms with E-state index in [1.807, 2.05) is 43.4 Å². The third-order valence-corrected chi connectivity index (χ3v) is 4.18. The van der Waals surface area contributed by atoms with Gasteiger partial charge in [0.2, 0.25) is 0 Å². The number of nitrogens with zero attached hydrogens (tertiary/aromatic N) is 2. The van der Waals surface area contributed by atoms with Crippen LogP contribution in [0.4, 0.5) is 0 Å². The monoisotopic (exact) mass is 342 g/mol. The van der Waals surface area contributed by atoms with Gasteiger partial charge in [-0.1, -0.05) is 18.2 Å². The maximum atomic E-state index is 12.0. The molecule has 6 nitrogen and oxygen atoms in total. The maximum absolute atomic E-state index is 12.0. The molecule has 0 unspecified atom stereocenters. The average Bonchev–Trinajstić information content (AvgIpc) is 2.95. The Kier molecular flexibility index (Phi) is 5.09. The summed E-state index contributed by atoms with van der Waals surface area (Å²) in [7, 11) is 5.27. The van der Waals surface area contributed by atoms with Gasteiger partial charge in [-0.2, -0.15) is 0 Å². The molecule has 2 aromatic carbocycles. The number of para-hydroxylation sites is 2. The first-order valence-corrected chi connectivity index (χ1v) is 8.10. The lowest BCUT2D eigenvalue weighted by molar-refractivity contribution is 0.306. The zero-order valence-corrected chi connectivity index (χ0v) is 14.7. The van der Waals surface area contributed by atoms with Crippen molar-refractivity contribution in [2.75, 3.05) is 27.8 Å². The van der Waals surface area contributed by atoms with E-state index in [4.69, 9.17) is 13.9 Å². The lowest BCUT2D eigenvalue weighted by Crippen LogP contribution is -2.26. The molecule has 0 radical (unpaired) electrons. The second-order valence-electron chi connectivity index (χ2n) is 5.91. The Morgan fingerprint density at radius 2 is 1.84 bits per heavy atom. The highest BCUT2D eigenvalue weighted by molar-refractivity contribution is 5.72. The van der Waals surface area contributed by atoms with E-state index >= 15 is 0 Å². The zero-order chi connectivity index (χ0) is 17.8. The predicted octanol–water partition coefficient (Wildman–Crippen LogP) is 2.74. The van der Waals surface area contributed by atoms with Crippen LogP contribution < -0.4 is 15.2 Å². The first kappa shape index (κ1) is 17.1. The van der Waals surface area contributed by atoms with Gasteiger partial charge in [-0.15, -0.1) is 0 Å². The van der Waals surface area contributed by atoms with Crippen LogP contribution in [0.15, 0.2) is 51.7 Å². The van der Waals surface area contributed by atoms with Crippen molar-refractivity contribution in [2.45, 2.75) is 13.1 Å². The second-order valence-corrected chi connectivity index (χ2v) is 5.91. The molecule has 1 aromatic heterocycles. The van der Waals surface area contributed by atoms with Crippen molar-refractivity contribution < 1.29 is 13.9 Å². The third-order valence-electron chi connectivity index (χ3n) is 4.18. The minimum Gasteiger partial charge on any atom is -0.493 e. The minimum absolute atomic E-state index is 0.319. The van der Waals surface area contributed by atoms with Crippen molar-refractivity contribution >= 4 is 11.1 Å². The van der Waals surface area contributed by atoms with Gasteiger partial charge >= 0.3 is 5.76 Å². The van der Waals surface area contributed by atoms with E-state index in [2.05, 4.69) is 4.90 Å². The topological polar surface area (TPSA) is 56.8 Å². The number of fused-ring (bicyclic) bond motifs is 1. The summed E-state index contributed by atoms with van der Waals surface area (Å²) in [5.74, 6) is 1.11. The molecule has 0 aliphatic carbocycles. The van der Waals surface area contributed by atoms with Crippen molar-refractivity contribution in [1.29, 1.82) is 0 Å². The Labute approximate surface area is 146 Å². The highest BCUT2D eigenvalue weighted by Crippen LogP contribution is 2.27. The van der Waals surface area contributed by atoms with Crippen LogP contribution in [0, 0.1) is 0 Å². The summed E-state index contributed by atoms with van der Waals surface area (Å²) in [4.78, 5) is 14.2. The molecule has 3 aromatic rings. The molecule has 0 fully saturated rings. The van der Waals surface area contributed by atoms with Crippen LogP contribution in [0.3, 0.4) is 0 Å². The molecule has 0 amide bonds. The number of aromatic nitrogens is 1. The predicted molar refractivity (Wildman–Crippen MR) is 96.4 cm³/mol. The molecule has 1 heterocycles. The highest BCUT2D eigenvalue weighted by atomic mass is 16.5. The number of rotatable bonds is 7. The largest absolute Gasteiger partial charge is 0.493 e.